The van der Waals surface area contributed by atoms with Gasteiger partial charge in [0.1, 0.15) is 6.54 Å². The number of hydrogen-bond donors (Lipinski definition) is 0. The normalized spacial score (nSPS) is 20.7. The summed E-state index contributed by atoms with van der Waals surface area (Å²) in [6, 6.07) is 3.87. The van der Waals surface area contributed by atoms with Gasteiger partial charge in [-0.2, -0.15) is 0 Å². The van der Waals surface area contributed by atoms with Crippen LogP contribution >= 0.6 is 23.1 Å². The molecule has 2 saturated heterocycles. The first-order valence-corrected chi connectivity index (χ1v) is 8.85. The number of carbonyl (C=O) groups is 3. The molecule has 6 nitrogen and oxygen atoms in total. The summed E-state index contributed by atoms with van der Waals surface area (Å²) in [6.07, 6.45) is 1.71. The Hall–Kier alpha value is -1.64. The van der Waals surface area contributed by atoms with Crippen LogP contribution in [-0.4, -0.2) is 59.7 Å². The second kappa shape index (κ2) is 6.86. The molecule has 23 heavy (non-hydrogen) atoms. The van der Waals surface area contributed by atoms with Gasteiger partial charge in [-0.05, 0) is 36.9 Å². The van der Waals surface area contributed by atoms with Gasteiger partial charge in [-0.1, -0.05) is 0 Å². The summed E-state index contributed by atoms with van der Waals surface area (Å²) in [5.74, 6) is -0.614. The number of carbonyl (C=O) groups excluding carboxylic acids is 3. The number of rotatable bonds is 3. The lowest BCUT2D eigenvalue weighted by Crippen LogP contribution is -2.46. The van der Waals surface area contributed by atoms with Crippen molar-refractivity contribution >= 4 is 46.2 Å². The van der Waals surface area contributed by atoms with E-state index in [2.05, 4.69) is 0 Å². The van der Waals surface area contributed by atoms with Gasteiger partial charge in [0.25, 0.3) is 11.1 Å². The maximum Gasteiger partial charge on any atom is 0.294 e. The summed E-state index contributed by atoms with van der Waals surface area (Å²) in [7, 11) is 0. The molecule has 0 atom stereocenters. The molecule has 2 aliphatic rings. The van der Waals surface area contributed by atoms with Crippen LogP contribution in [0.25, 0.3) is 6.08 Å². The Kier molecular flexibility index (Phi) is 4.84. The van der Waals surface area contributed by atoms with Crippen LogP contribution in [0, 0.1) is 6.92 Å². The van der Waals surface area contributed by atoms with Gasteiger partial charge in [0.15, 0.2) is 0 Å². The van der Waals surface area contributed by atoms with E-state index in [-0.39, 0.29) is 12.5 Å². The van der Waals surface area contributed by atoms with E-state index in [0.29, 0.717) is 31.2 Å². The second-order valence-electron chi connectivity index (χ2n) is 5.21. The summed E-state index contributed by atoms with van der Waals surface area (Å²) in [6.45, 7) is 3.76. The third-order valence-corrected chi connectivity index (χ3v) is 5.42. The van der Waals surface area contributed by atoms with Crippen LogP contribution in [-0.2, 0) is 14.3 Å². The van der Waals surface area contributed by atoms with Gasteiger partial charge in [-0.15, -0.1) is 11.3 Å². The van der Waals surface area contributed by atoms with E-state index in [9.17, 15) is 14.4 Å². The molecule has 1 aromatic rings. The third-order valence-electron chi connectivity index (χ3n) is 3.57. The van der Waals surface area contributed by atoms with Crippen LogP contribution in [0.15, 0.2) is 17.0 Å². The summed E-state index contributed by atoms with van der Waals surface area (Å²) in [4.78, 5) is 41.7. The van der Waals surface area contributed by atoms with Crippen molar-refractivity contribution in [1.29, 1.82) is 0 Å². The standard InChI is InChI=1S/C15H16N2O4S2/c1-10-2-3-11(22-10)8-12-14(19)17(15(20)23-12)9-13(18)16-4-6-21-7-5-16/h2-3,8H,4-7,9H2,1H3/b12-8-. The second-order valence-corrected chi connectivity index (χ2v) is 7.52. The van der Waals surface area contributed by atoms with Crippen LogP contribution in [0.1, 0.15) is 9.75 Å². The molecule has 0 aliphatic carbocycles. The predicted octanol–water partition coefficient (Wildman–Crippen LogP) is 1.95. The van der Waals surface area contributed by atoms with Crippen molar-refractivity contribution in [3.05, 3.63) is 26.8 Å². The van der Waals surface area contributed by atoms with Crippen molar-refractivity contribution in [2.24, 2.45) is 0 Å². The van der Waals surface area contributed by atoms with Gasteiger partial charge < -0.3 is 9.64 Å². The number of thiophene rings is 1. The van der Waals surface area contributed by atoms with E-state index >= 15 is 0 Å². The minimum absolute atomic E-state index is 0.203. The molecule has 0 bridgehead atoms. The lowest BCUT2D eigenvalue weighted by molar-refractivity contribution is -0.139. The molecule has 3 heterocycles. The molecule has 8 heteroatoms. The summed E-state index contributed by atoms with van der Waals surface area (Å²) < 4.78 is 5.19. The third kappa shape index (κ3) is 3.65. The fourth-order valence-corrected chi connectivity index (χ4v) is 4.07. The number of thioether (sulfide) groups is 1. The van der Waals surface area contributed by atoms with Gasteiger partial charge >= 0.3 is 0 Å². The first-order valence-electron chi connectivity index (χ1n) is 7.22. The Morgan fingerprint density at radius 1 is 1.30 bits per heavy atom. The lowest BCUT2D eigenvalue weighted by Gasteiger charge is -2.27. The minimum Gasteiger partial charge on any atom is -0.378 e. The van der Waals surface area contributed by atoms with E-state index < -0.39 is 11.1 Å². The number of ether oxygens (including phenoxy) is 1. The smallest absolute Gasteiger partial charge is 0.294 e. The van der Waals surface area contributed by atoms with Crippen molar-refractivity contribution < 1.29 is 19.1 Å². The van der Waals surface area contributed by atoms with E-state index in [1.807, 2.05) is 19.1 Å². The Morgan fingerprint density at radius 3 is 2.70 bits per heavy atom. The highest BCUT2D eigenvalue weighted by atomic mass is 32.2. The number of aryl methyl sites for hydroxylation is 1. The maximum atomic E-state index is 12.4. The average molecular weight is 352 g/mol. The zero-order chi connectivity index (χ0) is 16.4. The number of hydrogen-bond acceptors (Lipinski definition) is 6. The predicted molar refractivity (Wildman–Crippen MR) is 89.1 cm³/mol. The van der Waals surface area contributed by atoms with E-state index in [1.165, 1.54) is 0 Å². The van der Waals surface area contributed by atoms with E-state index in [4.69, 9.17) is 4.74 Å². The molecule has 0 radical (unpaired) electrons. The zero-order valence-electron chi connectivity index (χ0n) is 12.6. The molecule has 3 rings (SSSR count). The number of imide groups is 1. The Labute approximate surface area is 142 Å². The largest absolute Gasteiger partial charge is 0.378 e. The first-order chi connectivity index (χ1) is 11.0. The first kappa shape index (κ1) is 16.2. The molecular weight excluding hydrogens is 336 g/mol. The molecule has 2 aliphatic heterocycles. The summed E-state index contributed by atoms with van der Waals surface area (Å²) >= 11 is 2.44. The highest BCUT2D eigenvalue weighted by Crippen LogP contribution is 2.33. The minimum atomic E-state index is -0.396. The number of morpholine rings is 1. The molecule has 1 aromatic heterocycles. The van der Waals surface area contributed by atoms with Gasteiger partial charge in [0.2, 0.25) is 5.91 Å². The Balaban J connectivity index is 1.68. The van der Waals surface area contributed by atoms with Crippen molar-refractivity contribution in [3.63, 3.8) is 0 Å². The summed E-state index contributed by atoms with van der Waals surface area (Å²) in [5.41, 5.74) is 0. The molecule has 0 unspecified atom stereocenters. The van der Waals surface area contributed by atoms with Gasteiger partial charge in [-0.25, -0.2) is 0 Å². The van der Waals surface area contributed by atoms with Crippen LogP contribution in [0.3, 0.4) is 0 Å². The fraction of sp³-hybridized carbons (Fsp3) is 0.400. The number of nitrogens with zero attached hydrogens (tertiary/aromatic N) is 2. The van der Waals surface area contributed by atoms with Crippen molar-refractivity contribution in [1.82, 2.24) is 9.80 Å². The van der Waals surface area contributed by atoms with Crippen LogP contribution in [0.2, 0.25) is 0 Å². The lowest BCUT2D eigenvalue weighted by atomic mass is 10.3. The van der Waals surface area contributed by atoms with Crippen LogP contribution < -0.4 is 0 Å². The Morgan fingerprint density at radius 2 is 2.04 bits per heavy atom. The molecule has 2 fully saturated rings. The fourth-order valence-electron chi connectivity index (χ4n) is 2.34. The average Bonchev–Trinajstić information content (AvgIpc) is 3.07. The highest BCUT2D eigenvalue weighted by molar-refractivity contribution is 8.18. The molecule has 3 amide bonds. The quantitative estimate of drug-likeness (QED) is 0.778. The van der Waals surface area contributed by atoms with Gasteiger partial charge in [0.05, 0.1) is 18.1 Å². The SMILES string of the molecule is Cc1ccc(/C=C2\SC(=O)N(CC(=O)N3CCOCC3)C2=O)s1. The topological polar surface area (TPSA) is 66.9 Å². The Bertz CT molecular complexity index is 677. The monoisotopic (exact) mass is 352 g/mol. The maximum absolute atomic E-state index is 12.4. The van der Waals surface area contributed by atoms with E-state index in [0.717, 1.165) is 26.4 Å². The van der Waals surface area contributed by atoms with E-state index in [1.54, 1.807) is 22.3 Å². The molecule has 0 N–H and O–H groups in total. The van der Waals surface area contributed by atoms with Crippen molar-refractivity contribution in [2.75, 3.05) is 32.8 Å². The molecule has 0 spiro atoms. The summed E-state index contributed by atoms with van der Waals surface area (Å²) in [5, 5.41) is -0.392. The van der Waals surface area contributed by atoms with Gasteiger partial charge in [0, 0.05) is 22.8 Å². The van der Waals surface area contributed by atoms with Crippen molar-refractivity contribution in [2.45, 2.75) is 6.92 Å². The van der Waals surface area contributed by atoms with Gasteiger partial charge in [-0.3, -0.25) is 19.3 Å². The van der Waals surface area contributed by atoms with Crippen molar-refractivity contribution in [3.8, 4) is 0 Å². The molecule has 122 valence electrons. The highest BCUT2D eigenvalue weighted by Gasteiger charge is 2.37. The number of amides is 3. The van der Waals surface area contributed by atoms with Crippen LogP contribution in [0.5, 0.6) is 0 Å². The molecule has 0 aromatic carbocycles. The molecular formula is C15H16N2O4S2. The molecule has 0 saturated carbocycles. The van der Waals surface area contributed by atoms with Crippen LogP contribution in [0.4, 0.5) is 4.79 Å². The zero-order valence-corrected chi connectivity index (χ0v) is 14.2.